The number of amides is 1. The third-order valence-corrected chi connectivity index (χ3v) is 2.52. The number of hydrogen-bond acceptors (Lipinski definition) is 4. The van der Waals surface area contributed by atoms with Crippen molar-refractivity contribution < 1.29 is 9.21 Å². The van der Waals surface area contributed by atoms with Gasteiger partial charge < -0.3 is 15.5 Å². The number of rotatable bonds is 4. The van der Waals surface area contributed by atoms with E-state index in [1.165, 1.54) is 0 Å². The molecular formula is C13H15N3O2. The summed E-state index contributed by atoms with van der Waals surface area (Å²) in [7, 11) is 0. The number of fused-ring (bicyclic) bond motifs is 1. The van der Waals surface area contributed by atoms with Gasteiger partial charge in [-0.2, -0.15) is 0 Å². The fourth-order valence-corrected chi connectivity index (χ4v) is 1.64. The molecule has 0 aliphatic heterocycles. The third-order valence-electron chi connectivity index (χ3n) is 2.52. The van der Waals surface area contributed by atoms with Gasteiger partial charge in [0.15, 0.2) is 11.5 Å². The number of nitrogens with one attached hydrogen (secondary N) is 1. The summed E-state index contributed by atoms with van der Waals surface area (Å²) in [5.74, 6) is 0.353. The van der Waals surface area contributed by atoms with E-state index in [0.29, 0.717) is 29.1 Å². The molecule has 0 aliphatic rings. The summed E-state index contributed by atoms with van der Waals surface area (Å²) >= 11 is 0. The van der Waals surface area contributed by atoms with Crippen LogP contribution in [-0.4, -0.2) is 16.9 Å². The Morgan fingerprint density at radius 1 is 1.67 bits per heavy atom. The standard InChI is InChI=1S/C13H15N3O2/c1-3-4-10(14)13(17)16-9-5-6-12-11(7-9)15-8(2)18-12/h3,5-7,10H,1,4,14H2,2H3,(H,16,17). The molecule has 2 aromatic rings. The molecule has 1 aromatic carbocycles. The molecule has 5 heteroatoms. The van der Waals surface area contributed by atoms with Crippen LogP contribution in [0.25, 0.3) is 11.1 Å². The van der Waals surface area contributed by atoms with Gasteiger partial charge in [0.1, 0.15) is 5.52 Å². The van der Waals surface area contributed by atoms with Gasteiger partial charge in [-0.25, -0.2) is 4.98 Å². The molecule has 5 nitrogen and oxygen atoms in total. The van der Waals surface area contributed by atoms with Crippen LogP contribution >= 0.6 is 0 Å². The van der Waals surface area contributed by atoms with Crippen LogP contribution in [0.3, 0.4) is 0 Å². The zero-order valence-corrected chi connectivity index (χ0v) is 10.1. The fourth-order valence-electron chi connectivity index (χ4n) is 1.64. The first-order valence-corrected chi connectivity index (χ1v) is 5.64. The van der Waals surface area contributed by atoms with Gasteiger partial charge in [-0.05, 0) is 24.6 Å². The SMILES string of the molecule is C=CCC(N)C(=O)Nc1ccc2oc(C)nc2c1. The number of anilines is 1. The molecule has 0 saturated heterocycles. The van der Waals surface area contributed by atoms with E-state index in [1.807, 2.05) is 0 Å². The average Bonchev–Trinajstić information content (AvgIpc) is 2.68. The van der Waals surface area contributed by atoms with Crippen LogP contribution in [0, 0.1) is 6.92 Å². The van der Waals surface area contributed by atoms with Gasteiger partial charge in [0.2, 0.25) is 5.91 Å². The van der Waals surface area contributed by atoms with E-state index in [9.17, 15) is 4.79 Å². The predicted octanol–water partition coefficient (Wildman–Crippen LogP) is 1.98. The normalized spacial score (nSPS) is 12.3. The number of hydrogen-bond donors (Lipinski definition) is 2. The summed E-state index contributed by atoms with van der Waals surface area (Å²) in [6.07, 6.45) is 2.06. The summed E-state index contributed by atoms with van der Waals surface area (Å²) in [4.78, 5) is 15.9. The number of oxazole rings is 1. The second-order valence-corrected chi connectivity index (χ2v) is 4.04. The van der Waals surface area contributed by atoms with Crippen LogP contribution in [0.4, 0.5) is 5.69 Å². The zero-order chi connectivity index (χ0) is 13.1. The Bertz CT molecular complexity index is 589. The quantitative estimate of drug-likeness (QED) is 0.807. The summed E-state index contributed by atoms with van der Waals surface area (Å²) < 4.78 is 5.35. The number of nitrogens with zero attached hydrogens (tertiary/aromatic N) is 1. The Morgan fingerprint density at radius 2 is 2.44 bits per heavy atom. The Kier molecular flexibility index (Phi) is 3.43. The number of nitrogens with two attached hydrogens (primary N) is 1. The molecule has 0 fully saturated rings. The third kappa shape index (κ3) is 2.57. The molecule has 0 spiro atoms. The Balaban J connectivity index is 2.16. The molecule has 0 bridgehead atoms. The lowest BCUT2D eigenvalue weighted by Gasteiger charge is -2.09. The van der Waals surface area contributed by atoms with E-state index in [2.05, 4.69) is 16.9 Å². The lowest BCUT2D eigenvalue weighted by Crippen LogP contribution is -2.35. The second-order valence-electron chi connectivity index (χ2n) is 4.04. The Hall–Kier alpha value is -2.14. The maximum Gasteiger partial charge on any atom is 0.241 e. The lowest BCUT2D eigenvalue weighted by molar-refractivity contribution is -0.117. The summed E-state index contributed by atoms with van der Waals surface area (Å²) in [5, 5.41) is 2.73. The van der Waals surface area contributed by atoms with Crippen molar-refractivity contribution >= 4 is 22.7 Å². The van der Waals surface area contributed by atoms with Gasteiger partial charge in [0, 0.05) is 12.6 Å². The van der Waals surface area contributed by atoms with Crippen LogP contribution in [0.1, 0.15) is 12.3 Å². The van der Waals surface area contributed by atoms with Crippen molar-refractivity contribution in [2.24, 2.45) is 5.73 Å². The van der Waals surface area contributed by atoms with Crippen molar-refractivity contribution in [2.75, 3.05) is 5.32 Å². The molecule has 1 amide bonds. The molecule has 1 unspecified atom stereocenters. The Labute approximate surface area is 105 Å². The Morgan fingerprint density at radius 3 is 3.17 bits per heavy atom. The van der Waals surface area contributed by atoms with E-state index in [4.69, 9.17) is 10.2 Å². The van der Waals surface area contributed by atoms with E-state index in [1.54, 1.807) is 31.2 Å². The summed E-state index contributed by atoms with van der Waals surface area (Å²) in [6, 6.07) is 4.69. The summed E-state index contributed by atoms with van der Waals surface area (Å²) in [5.41, 5.74) is 7.73. The maximum absolute atomic E-state index is 11.7. The fraction of sp³-hybridized carbons (Fsp3) is 0.231. The molecule has 0 aliphatic carbocycles. The maximum atomic E-state index is 11.7. The van der Waals surface area contributed by atoms with Crippen LogP contribution in [0.15, 0.2) is 35.3 Å². The first-order valence-electron chi connectivity index (χ1n) is 5.64. The number of aromatic nitrogens is 1. The van der Waals surface area contributed by atoms with Gasteiger partial charge in [-0.1, -0.05) is 6.08 Å². The molecule has 18 heavy (non-hydrogen) atoms. The van der Waals surface area contributed by atoms with Crippen LogP contribution in [0.2, 0.25) is 0 Å². The van der Waals surface area contributed by atoms with Gasteiger partial charge in [-0.15, -0.1) is 6.58 Å². The molecule has 0 radical (unpaired) electrons. The molecule has 3 N–H and O–H groups in total. The smallest absolute Gasteiger partial charge is 0.241 e. The number of carbonyl (C=O) groups excluding carboxylic acids is 1. The van der Waals surface area contributed by atoms with Gasteiger partial charge in [-0.3, -0.25) is 4.79 Å². The minimum absolute atomic E-state index is 0.241. The van der Waals surface area contributed by atoms with Crippen LogP contribution in [0.5, 0.6) is 0 Å². The van der Waals surface area contributed by atoms with Crippen LogP contribution < -0.4 is 11.1 Å². The molecular weight excluding hydrogens is 230 g/mol. The number of carbonyl (C=O) groups is 1. The molecule has 94 valence electrons. The average molecular weight is 245 g/mol. The first-order chi connectivity index (χ1) is 8.60. The van der Waals surface area contributed by atoms with Crippen molar-refractivity contribution in [1.29, 1.82) is 0 Å². The van der Waals surface area contributed by atoms with E-state index >= 15 is 0 Å². The van der Waals surface area contributed by atoms with Crippen molar-refractivity contribution in [3.63, 3.8) is 0 Å². The van der Waals surface area contributed by atoms with Crippen molar-refractivity contribution in [2.45, 2.75) is 19.4 Å². The monoisotopic (exact) mass is 245 g/mol. The van der Waals surface area contributed by atoms with Crippen molar-refractivity contribution in [3.05, 3.63) is 36.7 Å². The largest absolute Gasteiger partial charge is 0.441 e. The lowest BCUT2D eigenvalue weighted by atomic mass is 10.2. The first kappa shape index (κ1) is 12.3. The molecule has 1 atom stereocenters. The molecule has 1 aromatic heterocycles. The second kappa shape index (κ2) is 5.01. The van der Waals surface area contributed by atoms with Crippen molar-refractivity contribution in [3.8, 4) is 0 Å². The van der Waals surface area contributed by atoms with Crippen LogP contribution in [-0.2, 0) is 4.79 Å². The molecule has 1 heterocycles. The topological polar surface area (TPSA) is 81.2 Å². The van der Waals surface area contributed by atoms with Gasteiger partial charge in [0.25, 0.3) is 0 Å². The predicted molar refractivity (Wildman–Crippen MR) is 70.2 cm³/mol. The van der Waals surface area contributed by atoms with E-state index in [0.717, 1.165) is 0 Å². The van der Waals surface area contributed by atoms with Crippen molar-refractivity contribution in [1.82, 2.24) is 4.98 Å². The number of aryl methyl sites for hydroxylation is 1. The summed E-state index contributed by atoms with van der Waals surface area (Å²) in [6.45, 7) is 5.33. The van der Waals surface area contributed by atoms with Gasteiger partial charge in [0.05, 0.1) is 6.04 Å². The highest BCUT2D eigenvalue weighted by Gasteiger charge is 2.12. The van der Waals surface area contributed by atoms with E-state index in [-0.39, 0.29) is 5.91 Å². The molecule has 0 saturated carbocycles. The van der Waals surface area contributed by atoms with E-state index < -0.39 is 6.04 Å². The van der Waals surface area contributed by atoms with Gasteiger partial charge >= 0.3 is 0 Å². The minimum Gasteiger partial charge on any atom is -0.441 e. The zero-order valence-electron chi connectivity index (χ0n) is 10.1. The molecule has 2 rings (SSSR count). The highest BCUT2D eigenvalue weighted by atomic mass is 16.3. The number of benzene rings is 1. The highest BCUT2D eigenvalue weighted by Crippen LogP contribution is 2.19. The highest BCUT2D eigenvalue weighted by molar-refractivity contribution is 5.96. The minimum atomic E-state index is -0.586.